The van der Waals surface area contributed by atoms with E-state index in [9.17, 15) is 9.59 Å². The van der Waals surface area contributed by atoms with Gasteiger partial charge in [0.15, 0.2) is 0 Å². The van der Waals surface area contributed by atoms with Crippen LogP contribution in [0.15, 0.2) is 18.2 Å². The van der Waals surface area contributed by atoms with Gasteiger partial charge in [0.05, 0.1) is 5.56 Å². The number of halogens is 1. The van der Waals surface area contributed by atoms with Crippen LogP contribution in [0.2, 0.25) is 5.02 Å². The Balaban J connectivity index is 2.52. The van der Waals surface area contributed by atoms with Gasteiger partial charge in [-0.3, -0.25) is 0 Å². The van der Waals surface area contributed by atoms with Crippen molar-refractivity contribution in [2.75, 3.05) is 6.54 Å². The van der Waals surface area contributed by atoms with Gasteiger partial charge in [-0.05, 0) is 39.0 Å². The molecule has 1 aromatic carbocycles. The van der Waals surface area contributed by atoms with Crippen LogP contribution in [0.4, 0.5) is 4.79 Å². The predicted molar refractivity (Wildman–Crippen MR) is 84.1 cm³/mol. The minimum absolute atomic E-state index is 0.0867. The Morgan fingerprint density at radius 2 is 2.00 bits per heavy atom. The fraction of sp³-hybridized carbons (Fsp3) is 0.375. The van der Waals surface area contributed by atoms with Crippen LogP contribution in [-0.4, -0.2) is 29.3 Å². The van der Waals surface area contributed by atoms with Crippen LogP contribution >= 0.6 is 11.6 Å². The number of carboxylic acid groups (broad SMARTS) is 1. The molecule has 22 heavy (non-hydrogen) atoms. The molecule has 0 aliphatic heterocycles. The van der Waals surface area contributed by atoms with E-state index in [0.29, 0.717) is 23.6 Å². The lowest BCUT2D eigenvalue weighted by molar-refractivity contribution is 0.0528. The first-order chi connectivity index (χ1) is 10.2. The highest BCUT2D eigenvalue weighted by Gasteiger charge is 2.15. The van der Waals surface area contributed by atoms with Crippen LogP contribution in [0.25, 0.3) is 0 Å². The third-order valence-electron chi connectivity index (χ3n) is 2.30. The molecule has 0 spiro atoms. The summed E-state index contributed by atoms with van der Waals surface area (Å²) in [6, 6.07) is 4.39. The third kappa shape index (κ3) is 7.00. The van der Waals surface area contributed by atoms with E-state index in [1.807, 2.05) is 0 Å². The normalized spacial score (nSPS) is 10.4. The van der Waals surface area contributed by atoms with Gasteiger partial charge in [0.25, 0.3) is 0 Å². The number of alkyl carbamates (subject to hydrolysis) is 1. The number of carbonyl (C=O) groups excluding carboxylic acids is 1. The highest BCUT2D eigenvalue weighted by atomic mass is 35.5. The Hall–Kier alpha value is -2.19. The molecule has 6 heteroatoms. The Bertz CT molecular complexity index is 623. The summed E-state index contributed by atoms with van der Waals surface area (Å²) in [6.07, 6.45) is -0.0843. The molecule has 0 aliphatic rings. The van der Waals surface area contributed by atoms with Gasteiger partial charge in [0.1, 0.15) is 5.60 Å². The Kier molecular flexibility index (Phi) is 6.26. The third-order valence-corrected chi connectivity index (χ3v) is 2.51. The van der Waals surface area contributed by atoms with Gasteiger partial charge in [-0.25, -0.2) is 9.59 Å². The lowest BCUT2D eigenvalue weighted by Gasteiger charge is -2.19. The quantitative estimate of drug-likeness (QED) is 0.661. The van der Waals surface area contributed by atoms with E-state index < -0.39 is 17.7 Å². The number of ether oxygens (including phenoxy) is 1. The number of carbonyl (C=O) groups is 2. The van der Waals surface area contributed by atoms with Crippen molar-refractivity contribution in [2.24, 2.45) is 0 Å². The van der Waals surface area contributed by atoms with Crippen molar-refractivity contribution < 1.29 is 19.4 Å². The van der Waals surface area contributed by atoms with E-state index in [1.54, 1.807) is 26.8 Å². The van der Waals surface area contributed by atoms with Crippen molar-refractivity contribution in [2.45, 2.75) is 32.8 Å². The lowest BCUT2D eigenvalue weighted by atomic mass is 10.1. The number of rotatable bonds is 3. The first-order valence-electron chi connectivity index (χ1n) is 6.67. The zero-order valence-corrected chi connectivity index (χ0v) is 13.5. The predicted octanol–water partition coefficient (Wildman–Crippen LogP) is 3.30. The second kappa shape index (κ2) is 7.71. The molecule has 0 radical (unpaired) electrons. The van der Waals surface area contributed by atoms with Crippen molar-refractivity contribution in [3.63, 3.8) is 0 Å². The van der Waals surface area contributed by atoms with Crippen LogP contribution < -0.4 is 5.32 Å². The highest BCUT2D eigenvalue weighted by Crippen LogP contribution is 2.14. The van der Waals surface area contributed by atoms with Gasteiger partial charge >= 0.3 is 12.1 Å². The first kappa shape index (κ1) is 17.9. The van der Waals surface area contributed by atoms with Crippen LogP contribution in [0.5, 0.6) is 0 Å². The monoisotopic (exact) mass is 323 g/mol. The smallest absolute Gasteiger partial charge is 0.407 e. The van der Waals surface area contributed by atoms with Gasteiger partial charge in [-0.2, -0.15) is 0 Å². The second-order valence-corrected chi connectivity index (χ2v) is 5.95. The number of carboxylic acids is 1. The molecule has 2 N–H and O–H groups in total. The maximum atomic E-state index is 11.4. The first-order valence-corrected chi connectivity index (χ1v) is 7.05. The van der Waals surface area contributed by atoms with Crippen LogP contribution in [0, 0.1) is 11.8 Å². The fourth-order valence-electron chi connectivity index (χ4n) is 1.49. The molecule has 1 rings (SSSR count). The molecule has 118 valence electrons. The minimum atomic E-state index is -1.06. The summed E-state index contributed by atoms with van der Waals surface area (Å²) >= 11 is 5.83. The van der Waals surface area contributed by atoms with Crippen LogP contribution in [0.1, 0.15) is 43.1 Å². The van der Waals surface area contributed by atoms with Crippen molar-refractivity contribution in [3.05, 3.63) is 34.3 Å². The van der Waals surface area contributed by atoms with E-state index in [0.717, 1.165) is 0 Å². The molecule has 0 atom stereocenters. The maximum Gasteiger partial charge on any atom is 0.407 e. The van der Waals surface area contributed by atoms with Crippen molar-refractivity contribution >= 4 is 23.7 Å². The van der Waals surface area contributed by atoms with Gasteiger partial charge < -0.3 is 15.2 Å². The summed E-state index contributed by atoms with van der Waals surface area (Å²) in [6.45, 7) is 5.69. The Morgan fingerprint density at radius 1 is 1.32 bits per heavy atom. The topological polar surface area (TPSA) is 75.6 Å². The van der Waals surface area contributed by atoms with Crippen molar-refractivity contribution in [3.8, 4) is 11.8 Å². The molecular weight excluding hydrogens is 306 g/mol. The van der Waals surface area contributed by atoms with Gasteiger partial charge in [0, 0.05) is 23.6 Å². The molecule has 0 saturated heterocycles. The highest BCUT2D eigenvalue weighted by molar-refractivity contribution is 6.31. The summed E-state index contributed by atoms with van der Waals surface area (Å²) in [4.78, 5) is 22.3. The second-order valence-electron chi connectivity index (χ2n) is 5.51. The molecule has 1 aromatic rings. The number of benzene rings is 1. The van der Waals surface area contributed by atoms with Crippen molar-refractivity contribution in [1.29, 1.82) is 0 Å². The summed E-state index contributed by atoms with van der Waals surface area (Å²) in [5.74, 6) is 4.60. The molecule has 0 unspecified atom stereocenters. The molecule has 0 saturated carbocycles. The number of hydrogen-bond acceptors (Lipinski definition) is 3. The Labute approximate surface area is 134 Å². The number of amides is 1. The lowest BCUT2D eigenvalue weighted by Crippen LogP contribution is -2.32. The molecule has 0 bridgehead atoms. The minimum Gasteiger partial charge on any atom is -0.478 e. The molecule has 1 amide bonds. The molecule has 0 aromatic heterocycles. The number of hydrogen-bond donors (Lipinski definition) is 2. The SMILES string of the molecule is CC(C)(C)OC(=O)NCCC#Cc1cc(Cl)cc(C(=O)O)c1. The molecule has 0 fully saturated rings. The van der Waals surface area contributed by atoms with Crippen LogP contribution in [0.3, 0.4) is 0 Å². The zero-order chi connectivity index (χ0) is 16.8. The molecular formula is C16H18ClNO4. The molecule has 0 aliphatic carbocycles. The molecule has 0 heterocycles. The van der Waals surface area contributed by atoms with Gasteiger partial charge in [0.2, 0.25) is 0 Å². The van der Waals surface area contributed by atoms with E-state index in [-0.39, 0.29) is 5.56 Å². The van der Waals surface area contributed by atoms with E-state index in [4.69, 9.17) is 21.4 Å². The summed E-state index contributed by atoms with van der Waals surface area (Å²) in [5, 5.41) is 11.8. The van der Waals surface area contributed by atoms with Crippen LogP contribution in [-0.2, 0) is 4.74 Å². The zero-order valence-electron chi connectivity index (χ0n) is 12.7. The largest absolute Gasteiger partial charge is 0.478 e. The summed E-state index contributed by atoms with van der Waals surface area (Å²) in [7, 11) is 0. The number of aromatic carboxylic acids is 1. The average Bonchev–Trinajstić information content (AvgIpc) is 2.35. The van der Waals surface area contributed by atoms with E-state index in [2.05, 4.69) is 17.2 Å². The fourth-order valence-corrected chi connectivity index (χ4v) is 1.73. The standard InChI is InChI=1S/C16H18ClNO4/c1-16(2,3)22-15(21)18-7-5-4-6-11-8-12(14(19)20)10-13(17)9-11/h8-10H,5,7H2,1-3H3,(H,18,21)(H,19,20). The van der Waals surface area contributed by atoms with Gasteiger partial charge in [-0.1, -0.05) is 23.4 Å². The Morgan fingerprint density at radius 3 is 2.59 bits per heavy atom. The van der Waals surface area contributed by atoms with Crippen molar-refractivity contribution in [1.82, 2.24) is 5.32 Å². The maximum absolute atomic E-state index is 11.4. The molecule has 5 nitrogen and oxygen atoms in total. The summed E-state index contributed by atoms with van der Waals surface area (Å²) in [5.41, 5.74) is 0.0647. The number of nitrogens with one attached hydrogen (secondary N) is 1. The van der Waals surface area contributed by atoms with E-state index >= 15 is 0 Å². The average molecular weight is 324 g/mol. The van der Waals surface area contributed by atoms with E-state index in [1.165, 1.54) is 12.1 Å². The van der Waals surface area contributed by atoms with Gasteiger partial charge in [-0.15, -0.1) is 0 Å². The summed E-state index contributed by atoms with van der Waals surface area (Å²) < 4.78 is 5.08.